The first-order valence-corrected chi connectivity index (χ1v) is 19.0. The fourth-order valence-corrected chi connectivity index (χ4v) is 7.00. The van der Waals surface area contributed by atoms with E-state index in [1.165, 1.54) is 23.2 Å². The predicted molar refractivity (Wildman–Crippen MR) is 206 cm³/mol. The number of halogens is 1. The number of hydrogen-bond donors (Lipinski definition) is 4. The number of hydrogen-bond acceptors (Lipinski definition) is 9. The number of nitrogens with zero attached hydrogens (tertiary/aromatic N) is 5. The van der Waals surface area contributed by atoms with E-state index in [1.807, 2.05) is 53.6 Å². The lowest BCUT2D eigenvalue weighted by Crippen LogP contribution is -2.57. The smallest absolute Gasteiger partial charge is 0.271 e. The number of benzene rings is 2. The average molecular weight is 776 g/mol. The lowest BCUT2D eigenvalue weighted by Gasteiger charge is -2.28. The summed E-state index contributed by atoms with van der Waals surface area (Å²) in [6.45, 7) is 7.51. The second-order valence-electron chi connectivity index (χ2n) is 13.8. The lowest BCUT2D eigenvalue weighted by atomic mass is 10.0. The van der Waals surface area contributed by atoms with Crippen molar-refractivity contribution in [3.63, 3.8) is 0 Å². The van der Waals surface area contributed by atoms with Gasteiger partial charge in [0.2, 0.25) is 23.6 Å². The largest absolute Gasteiger partial charge is 0.345 e. The third-order valence-corrected chi connectivity index (χ3v) is 10.2. The van der Waals surface area contributed by atoms with Crippen LogP contribution in [0.3, 0.4) is 0 Å². The summed E-state index contributed by atoms with van der Waals surface area (Å²) in [5, 5.41) is 18.4. The fraction of sp³-hybridized carbons (Fsp3) is 0.395. The molecule has 4 aromatic rings. The second kappa shape index (κ2) is 18.3. The SMILES string of the molecule is CC(C)[C@@H]1NC(=O)[C@H](C)NC(=O)c2csc(n2)[C@H](Cc2ccccc2)NC(=O)CN(Cc2cnn(-c3cccc(Cl)c3)c2)CCN(C)C(=O)[C@@H](C)NC1=O. The van der Waals surface area contributed by atoms with Gasteiger partial charge >= 0.3 is 0 Å². The Bertz CT molecular complexity index is 1950. The number of fused-ring (bicyclic) bond motifs is 2. The molecule has 0 unspecified atom stereocenters. The minimum atomic E-state index is -1.00. The maximum Gasteiger partial charge on any atom is 0.271 e. The van der Waals surface area contributed by atoms with E-state index in [1.54, 1.807) is 56.2 Å². The molecule has 0 fully saturated rings. The Morgan fingerprint density at radius 1 is 0.889 bits per heavy atom. The molecule has 0 saturated carbocycles. The zero-order chi connectivity index (χ0) is 38.9. The van der Waals surface area contributed by atoms with Crippen LogP contribution in [0, 0.1) is 5.92 Å². The van der Waals surface area contributed by atoms with Crippen molar-refractivity contribution in [2.24, 2.45) is 5.92 Å². The Morgan fingerprint density at radius 3 is 2.37 bits per heavy atom. The number of amides is 5. The molecule has 14 nitrogen and oxygen atoms in total. The number of nitrogens with one attached hydrogen (secondary N) is 4. The van der Waals surface area contributed by atoms with Gasteiger partial charge in [-0.2, -0.15) is 5.10 Å². The first-order chi connectivity index (χ1) is 25.8. The fourth-order valence-electron chi connectivity index (χ4n) is 5.97. The number of likely N-dealkylation sites (N-methyl/N-ethyl adjacent to an activating group) is 1. The monoisotopic (exact) mass is 775 g/mol. The highest BCUT2D eigenvalue weighted by molar-refractivity contribution is 7.09. The van der Waals surface area contributed by atoms with Crippen LogP contribution in [0.1, 0.15) is 60.4 Å². The molecule has 2 aromatic heterocycles. The Kier molecular flexibility index (Phi) is 13.6. The maximum absolute atomic E-state index is 13.9. The van der Waals surface area contributed by atoms with Crippen LogP contribution in [0.15, 0.2) is 72.4 Å². The van der Waals surface area contributed by atoms with Crippen LogP contribution < -0.4 is 21.3 Å². The number of carbonyl (C=O) groups excluding carboxylic acids is 5. The van der Waals surface area contributed by atoms with Crippen LogP contribution in [-0.4, -0.2) is 98.9 Å². The minimum Gasteiger partial charge on any atom is -0.345 e. The van der Waals surface area contributed by atoms with Crippen molar-refractivity contribution in [2.45, 2.75) is 64.8 Å². The molecule has 0 spiro atoms. The molecule has 5 rings (SSSR count). The van der Waals surface area contributed by atoms with Crippen molar-refractivity contribution >= 4 is 52.5 Å². The van der Waals surface area contributed by atoms with E-state index in [2.05, 4.69) is 31.3 Å². The molecule has 5 amide bonds. The Morgan fingerprint density at radius 2 is 1.65 bits per heavy atom. The van der Waals surface area contributed by atoms with Crippen molar-refractivity contribution in [1.82, 2.24) is 45.8 Å². The molecule has 2 aromatic carbocycles. The summed E-state index contributed by atoms with van der Waals surface area (Å²) < 4.78 is 1.70. The van der Waals surface area contributed by atoms with Gasteiger partial charge < -0.3 is 26.2 Å². The molecular weight excluding hydrogens is 730 g/mol. The molecule has 54 heavy (non-hydrogen) atoms. The molecule has 286 valence electrons. The van der Waals surface area contributed by atoms with E-state index in [9.17, 15) is 24.0 Å². The van der Waals surface area contributed by atoms with Gasteiger partial charge in [-0.1, -0.05) is 61.8 Å². The Balaban J connectivity index is 1.44. The highest BCUT2D eigenvalue weighted by atomic mass is 35.5. The minimum absolute atomic E-state index is 0.0258. The van der Waals surface area contributed by atoms with Gasteiger partial charge in [-0.15, -0.1) is 11.3 Å². The number of thiazole rings is 1. The van der Waals surface area contributed by atoms with Crippen LogP contribution in [0.2, 0.25) is 5.02 Å². The van der Waals surface area contributed by atoms with E-state index in [-0.39, 0.29) is 36.5 Å². The number of aromatic nitrogens is 3. The van der Waals surface area contributed by atoms with E-state index in [4.69, 9.17) is 11.6 Å². The number of carbonyl (C=O) groups is 5. The average Bonchev–Trinajstić information content (AvgIpc) is 3.83. The highest BCUT2D eigenvalue weighted by Gasteiger charge is 2.31. The summed E-state index contributed by atoms with van der Waals surface area (Å²) in [5.74, 6) is -2.62. The van der Waals surface area contributed by atoms with Crippen molar-refractivity contribution in [3.8, 4) is 5.69 Å². The van der Waals surface area contributed by atoms with Gasteiger partial charge in [0.05, 0.1) is 24.5 Å². The van der Waals surface area contributed by atoms with Gasteiger partial charge in [0.1, 0.15) is 28.8 Å². The lowest BCUT2D eigenvalue weighted by molar-refractivity contribution is -0.136. The predicted octanol–water partition coefficient (Wildman–Crippen LogP) is 3.12. The third-order valence-electron chi connectivity index (χ3n) is 9.00. The van der Waals surface area contributed by atoms with Crippen molar-refractivity contribution in [2.75, 3.05) is 26.7 Å². The quantitative estimate of drug-likeness (QED) is 0.232. The van der Waals surface area contributed by atoms with Gasteiger partial charge in [-0.3, -0.25) is 28.9 Å². The summed E-state index contributed by atoms with van der Waals surface area (Å²) in [6.07, 6.45) is 4.00. The van der Waals surface area contributed by atoms with Gasteiger partial charge in [-0.05, 0) is 49.9 Å². The van der Waals surface area contributed by atoms with Gasteiger partial charge in [0.15, 0.2) is 0 Å². The van der Waals surface area contributed by atoms with Crippen LogP contribution in [-0.2, 0) is 32.1 Å². The molecule has 4 N–H and O–H groups in total. The second-order valence-corrected chi connectivity index (χ2v) is 15.1. The third kappa shape index (κ3) is 10.7. The summed E-state index contributed by atoms with van der Waals surface area (Å²) >= 11 is 7.44. The Hall–Kier alpha value is -5.12. The Labute approximate surface area is 323 Å². The molecular formula is C38H46ClN9O5S. The van der Waals surface area contributed by atoms with Crippen LogP contribution in [0.5, 0.6) is 0 Å². The number of rotatable bonds is 6. The van der Waals surface area contributed by atoms with Crippen molar-refractivity contribution in [3.05, 3.63) is 99.2 Å². The van der Waals surface area contributed by atoms with Crippen molar-refractivity contribution < 1.29 is 24.0 Å². The molecule has 3 heterocycles. The molecule has 1 aliphatic rings. The molecule has 4 atom stereocenters. The van der Waals surface area contributed by atoms with Crippen LogP contribution in [0.25, 0.3) is 5.69 Å². The first kappa shape index (κ1) is 40.1. The van der Waals surface area contributed by atoms with E-state index in [0.29, 0.717) is 29.5 Å². The normalized spacial score (nSPS) is 21.5. The standard InChI is InChI=1S/C38H46ClN9O5S/c1-23(2)33-36(52)42-25(4)38(53)46(5)14-15-47(19-27-18-40-48(20-27)29-13-9-12-28(39)17-29)21-32(49)43-30(16-26-10-7-6-8-11-26)37-44-31(22-54-37)35(51)41-24(3)34(50)45-33/h6-13,17-18,20,22-25,30,33H,14-16,19,21H2,1-5H3,(H,41,51)(H,42,52)(H,43,49)(H,45,50)/t24-,25+,30-,33-/m0/s1. The zero-order valence-corrected chi connectivity index (χ0v) is 32.5. The summed E-state index contributed by atoms with van der Waals surface area (Å²) in [5.41, 5.74) is 2.67. The molecule has 0 saturated heterocycles. The van der Waals surface area contributed by atoms with Gasteiger partial charge in [0.25, 0.3) is 5.91 Å². The van der Waals surface area contributed by atoms with E-state index < -0.39 is 41.9 Å². The van der Waals surface area contributed by atoms with E-state index >= 15 is 0 Å². The summed E-state index contributed by atoms with van der Waals surface area (Å²) in [7, 11) is 1.64. The van der Waals surface area contributed by atoms with Crippen molar-refractivity contribution in [1.29, 1.82) is 0 Å². The summed E-state index contributed by atoms with van der Waals surface area (Å²) in [4.78, 5) is 75.2. The highest BCUT2D eigenvalue weighted by Crippen LogP contribution is 2.23. The maximum atomic E-state index is 13.9. The molecule has 0 radical (unpaired) electrons. The van der Waals surface area contributed by atoms with Gasteiger partial charge in [-0.25, -0.2) is 9.67 Å². The zero-order valence-electron chi connectivity index (χ0n) is 30.9. The van der Waals surface area contributed by atoms with Crippen LogP contribution in [0.4, 0.5) is 0 Å². The first-order valence-electron chi connectivity index (χ1n) is 17.7. The van der Waals surface area contributed by atoms with Gasteiger partial charge in [0, 0.05) is 48.8 Å². The van der Waals surface area contributed by atoms with E-state index in [0.717, 1.165) is 16.8 Å². The van der Waals surface area contributed by atoms with Crippen LogP contribution >= 0.6 is 22.9 Å². The topological polar surface area (TPSA) is 171 Å². The molecule has 1 aliphatic heterocycles. The summed E-state index contributed by atoms with van der Waals surface area (Å²) in [6, 6.07) is 13.5. The molecule has 0 aliphatic carbocycles. The molecule has 2 bridgehead atoms. The molecule has 16 heteroatoms.